The van der Waals surface area contributed by atoms with Crippen LogP contribution in [0.4, 0.5) is 0 Å². The smallest absolute Gasteiger partial charge is 0.341 e. The molecule has 132 valence electrons. The van der Waals surface area contributed by atoms with Gasteiger partial charge >= 0.3 is 5.97 Å². The van der Waals surface area contributed by atoms with Gasteiger partial charge in [-0.15, -0.1) is 0 Å². The zero-order valence-corrected chi connectivity index (χ0v) is 14.5. The van der Waals surface area contributed by atoms with Gasteiger partial charge in [0.25, 0.3) is 5.91 Å². The molecule has 1 unspecified atom stereocenters. The van der Waals surface area contributed by atoms with Gasteiger partial charge in [-0.25, -0.2) is 4.79 Å². The number of aromatic nitrogens is 1. The van der Waals surface area contributed by atoms with Crippen LogP contribution < -0.4 is 10.2 Å². The van der Waals surface area contributed by atoms with Gasteiger partial charge in [0.15, 0.2) is 5.54 Å². The maximum absolute atomic E-state index is 13.1. The summed E-state index contributed by atoms with van der Waals surface area (Å²) in [5.74, 6) is -0.819. The van der Waals surface area contributed by atoms with E-state index in [4.69, 9.17) is 9.57 Å². The first-order valence-electron chi connectivity index (χ1n) is 8.37. The summed E-state index contributed by atoms with van der Waals surface area (Å²) in [6, 6.07) is 14.6. The van der Waals surface area contributed by atoms with E-state index in [1.54, 1.807) is 43.2 Å². The van der Waals surface area contributed by atoms with E-state index in [9.17, 15) is 9.59 Å². The average molecular weight is 350 g/mol. The Balaban J connectivity index is 2.07. The largest absolute Gasteiger partial charge is 0.464 e. The fourth-order valence-electron chi connectivity index (χ4n) is 3.64. The van der Waals surface area contributed by atoms with E-state index in [0.29, 0.717) is 16.7 Å². The van der Waals surface area contributed by atoms with Crippen LogP contribution in [0.3, 0.4) is 0 Å². The lowest BCUT2D eigenvalue weighted by Crippen LogP contribution is -2.48. The highest BCUT2D eigenvalue weighted by atomic mass is 16.6. The van der Waals surface area contributed by atoms with Crippen LogP contribution in [0.15, 0.2) is 54.7 Å². The number of benzene rings is 2. The number of fused-ring (bicyclic) bond motifs is 2. The molecule has 1 aliphatic rings. The predicted molar refractivity (Wildman–Crippen MR) is 95.8 cm³/mol. The van der Waals surface area contributed by atoms with Gasteiger partial charge in [-0.1, -0.05) is 36.4 Å². The van der Waals surface area contributed by atoms with Crippen molar-refractivity contribution in [1.29, 1.82) is 0 Å². The second-order valence-electron chi connectivity index (χ2n) is 6.04. The molecule has 1 aromatic heterocycles. The van der Waals surface area contributed by atoms with Crippen LogP contribution in [-0.4, -0.2) is 30.3 Å². The van der Waals surface area contributed by atoms with E-state index in [1.165, 1.54) is 0 Å². The lowest BCUT2D eigenvalue weighted by molar-refractivity contribution is -0.149. The Hall–Kier alpha value is -3.28. The molecule has 0 saturated heterocycles. The van der Waals surface area contributed by atoms with Crippen LogP contribution in [-0.2, 0) is 15.1 Å². The molecule has 0 saturated carbocycles. The Labute approximate surface area is 150 Å². The molecule has 2 heterocycles. The van der Waals surface area contributed by atoms with E-state index < -0.39 is 11.5 Å². The van der Waals surface area contributed by atoms with Crippen LogP contribution in [0.25, 0.3) is 10.9 Å². The van der Waals surface area contributed by atoms with Crippen LogP contribution in [0.1, 0.15) is 28.4 Å². The van der Waals surface area contributed by atoms with Crippen molar-refractivity contribution in [2.75, 3.05) is 13.7 Å². The highest BCUT2D eigenvalue weighted by molar-refractivity contribution is 6.09. The molecule has 1 N–H and O–H groups in total. The number of nitrogens with zero attached hydrogens (tertiary/aromatic N) is 1. The number of carbonyl (C=O) groups is 2. The van der Waals surface area contributed by atoms with Gasteiger partial charge in [-0.3, -0.25) is 4.79 Å². The van der Waals surface area contributed by atoms with Crippen LogP contribution in [0.2, 0.25) is 0 Å². The number of amides is 1. The molecule has 0 bridgehead atoms. The number of nitrogens with one attached hydrogen (secondary N) is 1. The number of ether oxygens (including phenoxy) is 1. The summed E-state index contributed by atoms with van der Waals surface area (Å²) in [5, 5.41) is 3.69. The van der Waals surface area contributed by atoms with Crippen molar-refractivity contribution < 1.29 is 19.2 Å². The molecule has 6 nitrogen and oxygen atoms in total. The van der Waals surface area contributed by atoms with Gasteiger partial charge < -0.3 is 14.9 Å². The maximum atomic E-state index is 13.1. The minimum atomic E-state index is -1.41. The summed E-state index contributed by atoms with van der Waals surface area (Å²) >= 11 is 0. The van der Waals surface area contributed by atoms with Crippen molar-refractivity contribution in [2.45, 2.75) is 12.5 Å². The Bertz CT molecular complexity index is 1020. The lowest BCUT2D eigenvalue weighted by atomic mass is 9.83. The normalized spacial score (nSPS) is 18.5. The molecule has 0 spiro atoms. The van der Waals surface area contributed by atoms with Crippen molar-refractivity contribution in [1.82, 2.24) is 10.0 Å². The fourth-order valence-corrected chi connectivity index (χ4v) is 3.64. The monoisotopic (exact) mass is 350 g/mol. The number of hydrogen-bond acceptors (Lipinski definition) is 4. The second kappa shape index (κ2) is 5.91. The molecule has 1 atom stereocenters. The molecular weight excluding hydrogens is 332 g/mol. The summed E-state index contributed by atoms with van der Waals surface area (Å²) in [5.41, 5.74) is 1.06. The van der Waals surface area contributed by atoms with Gasteiger partial charge in [-0.05, 0) is 19.1 Å². The third-order valence-corrected chi connectivity index (χ3v) is 4.74. The highest BCUT2D eigenvalue weighted by Gasteiger charge is 2.53. The Morgan fingerprint density at radius 3 is 2.62 bits per heavy atom. The number of carbonyl (C=O) groups excluding carboxylic acids is 2. The molecule has 0 aliphatic carbocycles. The second-order valence-corrected chi connectivity index (χ2v) is 6.04. The summed E-state index contributed by atoms with van der Waals surface area (Å²) in [4.78, 5) is 31.2. The Kier molecular flexibility index (Phi) is 3.68. The minimum Gasteiger partial charge on any atom is -0.464 e. The maximum Gasteiger partial charge on any atom is 0.341 e. The molecule has 6 heteroatoms. The van der Waals surface area contributed by atoms with Crippen molar-refractivity contribution in [3.63, 3.8) is 0 Å². The molecule has 3 aromatic rings. The van der Waals surface area contributed by atoms with Crippen molar-refractivity contribution in [3.8, 4) is 0 Å². The SMILES string of the molecule is CCOC(=O)C1(c2cn(OC)c3ccccc23)NC(=O)c2ccccc21. The summed E-state index contributed by atoms with van der Waals surface area (Å²) in [6.07, 6.45) is 1.73. The molecular formula is C20H18N2O4. The van der Waals surface area contributed by atoms with E-state index >= 15 is 0 Å². The third-order valence-electron chi connectivity index (χ3n) is 4.74. The van der Waals surface area contributed by atoms with E-state index in [1.807, 2.05) is 30.3 Å². The fraction of sp³-hybridized carbons (Fsp3) is 0.200. The standard InChI is InChI=1S/C20H18N2O4/c1-3-26-19(24)20(15-10-6-4-9-14(15)18(23)21-20)16-12-22(25-2)17-11-7-5-8-13(16)17/h4-12H,3H2,1-2H3,(H,21,23). The number of rotatable bonds is 4. The van der Waals surface area contributed by atoms with E-state index in [-0.39, 0.29) is 12.5 Å². The predicted octanol–water partition coefficient (Wildman–Crippen LogP) is 2.25. The van der Waals surface area contributed by atoms with Gasteiger partial charge in [0.05, 0.1) is 18.3 Å². The molecule has 2 aromatic carbocycles. The molecule has 1 aliphatic heterocycles. The molecule has 26 heavy (non-hydrogen) atoms. The molecule has 4 rings (SSSR count). The molecule has 0 radical (unpaired) electrons. The zero-order chi connectivity index (χ0) is 18.3. The zero-order valence-electron chi connectivity index (χ0n) is 14.5. The van der Waals surface area contributed by atoms with Gasteiger partial charge in [0, 0.05) is 22.1 Å². The number of para-hydroxylation sites is 1. The summed E-state index contributed by atoms with van der Waals surface area (Å²) < 4.78 is 6.96. The van der Waals surface area contributed by atoms with Crippen molar-refractivity contribution in [2.24, 2.45) is 0 Å². The summed E-state index contributed by atoms with van der Waals surface area (Å²) in [6.45, 7) is 1.95. The number of esters is 1. The van der Waals surface area contributed by atoms with Crippen molar-refractivity contribution >= 4 is 22.8 Å². The van der Waals surface area contributed by atoms with Crippen LogP contribution in [0.5, 0.6) is 0 Å². The Morgan fingerprint density at radius 2 is 1.85 bits per heavy atom. The molecule has 0 fully saturated rings. The first-order valence-corrected chi connectivity index (χ1v) is 8.37. The minimum absolute atomic E-state index is 0.210. The Morgan fingerprint density at radius 1 is 1.12 bits per heavy atom. The third kappa shape index (κ3) is 2.05. The first kappa shape index (κ1) is 16.2. The topological polar surface area (TPSA) is 69.6 Å². The van der Waals surface area contributed by atoms with E-state index in [2.05, 4.69) is 5.32 Å². The summed E-state index contributed by atoms with van der Waals surface area (Å²) in [7, 11) is 1.55. The molecule has 1 amide bonds. The number of hydrogen-bond donors (Lipinski definition) is 1. The van der Waals surface area contributed by atoms with Crippen LogP contribution >= 0.6 is 0 Å². The lowest BCUT2D eigenvalue weighted by Gasteiger charge is -2.27. The highest BCUT2D eigenvalue weighted by Crippen LogP contribution is 2.41. The first-order chi connectivity index (χ1) is 12.6. The van der Waals surface area contributed by atoms with Crippen LogP contribution in [0, 0.1) is 0 Å². The van der Waals surface area contributed by atoms with Gasteiger partial charge in [0.2, 0.25) is 0 Å². The average Bonchev–Trinajstić information content (AvgIpc) is 3.19. The van der Waals surface area contributed by atoms with Gasteiger partial charge in [-0.2, -0.15) is 4.73 Å². The van der Waals surface area contributed by atoms with E-state index in [0.717, 1.165) is 10.9 Å². The quantitative estimate of drug-likeness (QED) is 0.733. The van der Waals surface area contributed by atoms with Gasteiger partial charge in [0.1, 0.15) is 7.11 Å². The van der Waals surface area contributed by atoms with Crippen molar-refractivity contribution in [3.05, 3.63) is 71.4 Å².